The molecule has 2 N–H and O–H groups in total. The van der Waals surface area contributed by atoms with Gasteiger partial charge in [0.1, 0.15) is 12.3 Å². The van der Waals surface area contributed by atoms with Gasteiger partial charge in [-0.1, -0.05) is 0 Å². The topological polar surface area (TPSA) is 69.9 Å². The molecule has 0 atom stereocenters. The molecule has 8 heteroatoms. The van der Waals surface area contributed by atoms with Gasteiger partial charge < -0.3 is 20.0 Å². The van der Waals surface area contributed by atoms with Crippen molar-refractivity contribution in [3.63, 3.8) is 0 Å². The largest absolute Gasteiger partial charge is 0.469 e. The summed E-state index contributed by atoms with van der Waals surface area (Å²) in [6.45, 7) is 1.65. The summed E-state index contributed by atoms with van der Waals surface area (Å²) >= 11 is 1.76. The summed E-state index contributed by atoms with van der Waals surface area (Å²) in [6, 6.07) is 3.81. The van der Waals surface area contributed by atoms with Gasteiger partial charge >= 0.3 is 0 Å². The molecule has 0 unspecified atom stereocenters. The van der Waals surface area contributed by atoms with Gasteiger partial charge in [-0.2, -0.15) is 11.8 Å². The van der Waals surface area contributed by atoms with E-state index in [1.165, 1.54) is 4.90 Å². The maximum Gasteiger partial charge on any atom is 0.243 e. The molecule has 22 heavy (non-hydrogen) atoms. The van der Waals surface area contributed by atoms with Gasteiger partial charge in [0.25, 0.3) is 0 Å². The first-order valence-corrected chi connectivity index (χ1v) is 8.26. The quantitative estimate of drug-likeness (QED) is 0.277. The van der Waals surface area contributed by atoms with E-state index in [4.69, 9.17) is 4.42 Å². The summed E-state index contributed by atoms with van der Waals surface area (Å²) in [7, 11) is 3.45. The highest BCUT2D eigenvalue weighted by Crippen LogP contribution is 1.99. The van der Waals surface area contributed by atoms with Crippen LogP contribution < -0.4 is 10.6 Å². The van der Waals surface area contributed by atoms with E-state index in [1.807, 2.05) is 12.1 Å². The summed E-state index contributed by atoms with van der Waals surface area (Å²) in [5, 5.41) is 6.42. The van der Waals surface area contributed by atoms with Gasteiger partial charge in [-0.25, -0.2) is 4.99 Å². The predicted octanol–water partition coefficient (Wildman–Crippen LogP) is 1.43. The molecule has 0 saturated carbocycles. The van der Waals surface area contributed by atoms with Crippen LogP contribution in [0.5, 0.6) is 0 Å². The number of thioether (sulfide) groups is 1. The summed E-state index contributed by atoms with van der Waals surface area (Å²) in [4.78, 5) is 17.4. The lowest BCUT2D eigenvalue weighted by atomic mass is 10.3. The van der Waals surface area contributed by atoms with Crippen LogP contribution in [0.3, 0.4) is 0 Å². The number of rotatable bonds is 8. The molecular weight excluding hydrogens is 415 g/mol. The molecule has 1 aromatic heterocycles. The smallest absolute Gasteiger partial charge is 0.243 e. The van der Waals surface area contributed by atoms with Crippen molar-refractivity contribution in [3.05, 3.63) is 24.2 Å². The van der Waals surface area contributed by atoms with E-state index in [9.17, 15) is 4.79 Å². The van der Waals surface area contributed by atoms with E-state index in [1.54, 1.807) is 32.1 Å². The number of hydrogen-bond acceptors (Lipinski definition) is 4. The Kier molecular flexibility index (Phi) is 12.1. The van der Waals surface area contributed by atoms with Crippen LogP contribution in [0.4, 0.5) is 0 Å². The number of carbonyl (C=O) groups is 1. The highest BCUT2D eigenvalue weighted by Gasteiger charge is 2.04. The maximum absolute atomic E-state index is 11.6. The van der Waals surface area contributed by atoms with E-state index in [0.717, 1.165) is 24.5 Å². The third-order valence-corrected chi connectivity index (χ3v) is 3.33. The molecule has 0 radical (unpaired) electrons. The minimum atomic E-state index is -0.0213. The summed E-state index contributed by atoms with van der Waals surface area (Å²) in [5.74, 6) is 2.55. The molecule has 0 aliphatic heterocycles. The van der Waals surface area contributed by atoms with Crippen LogP contribution in [0.1, 0.15) is 5.76 Å². The van der Waals surface area contributed by atoms with Crippen LogP contribution >= 0.6 is 35.7 Å². The number of hydrogen-bond donors (Lipinski definition) is 2. The Bertz CT molecular complexity index is 438. The molecule has 1 aromatic rings. The van der Waals surface area contributed by atoms with Crippen LogP contribution in [0.25, 0.3) is 0 Å². The third kappa shape index (κ3) is 9.19. The normalized spacial score (nSPS) is 10.8. The molecule has 0 saturated heterocycles. The Labute approximate surface area is 153 Å². The SMILES string of the molecule is CSCCNC(=NCC(=O)N(C)C)NCCc1ccco1.I. The summed E-state index contributed by atoms with van der Waals surface area (Å²) in [6.07, 6.45) is 4.49. The fraction of sp³-hybridized carbons (Fsp3) is 0.571. The minimum absolute atomic E-state index is 0. The molecule has 6 nitrogen and oxygen atoms in total. The van der Waals surface area contributed by atoms with Crippen LogP contribution in [0, 0.1) is 0 Å². The average molecular weight is 440 g/mol. The van der Waals surface area contributed by atoms with Gasteiger partial charge in [-0.15, -0.1) is 24.0 Å². The highest BCUT2D eigenvalue weighted by atomic mass is 127. The van der Waals surface area contributed by atoms with Crippen molar-refractivity contribution < 1.29 is 9.21 Å². The Hall–Kier alpha value is -0.900. The van der Waals surface area contributed by atoms with E-state index < -0.39 is 0 Å². The van der Waals surface area contributed by atoms with Crippen LogP contribution in [-0.4, -0.2) is 62.5 Å². The second kappa shape index (κ2) is 12.6. The first-order valence-electron chi connectivity index (χ1n) is 6.87. The second-order valence-corrected chi connectivity index (χ2v) is 5.61. The van der Waals surface area contributed by atoms with Gasteiger partial charge in [-0.3, -0.25) is 4.79 Å². The first kappa shape index (κ1) is 21.1. The standard InChI is InChI=1S/C14H24N4O2S.HI/c1-18(2)13(19)11-17-14(16-8-10-21-3)15-7-6-12-5-4-9-20-12;/h4-5,9H,6-8,10-11H2,1-3H3,(H2,15,16,17);1H. The van der Waals surface area contributed by atoms with Crippen molar-refractivity contribution in [2.45, 2.75) is 6.42 Å². The molecule has 0 bridgehead atoms. The molecule has 0 aliphatic rings. The van der Waals surface area contributed by atoms with Crippen molar-refractivity contribution in [1.82, 2.24) is 15.5 Å². The number of carbonyl (C=O) groups excluding carboxylic acids is 1. The van der Waals surface area contributed by atoms with Gasteiger partial charge in [-0.05, 0) is 18.4 Å². The molecule has 1 rings (SSSR count). The lowest BCUT2D eigenvalue weighted by molar-refractivity contribution is -0.127. The van der Waals surface area contributed by atoms with E-state index in [2.05, 4.69) is 21.9 Å². The number of halogens is 1. The Balaban J connectivity index is 0.00000441. The second-order valence-electron chi connectivity index (χ2n) is 4.63. The summed E-state index contributed by atoms with van der Waals surface area (Å²) < 4.78 is 5.28. The molecule has 126 valence electrons. The van der Waals surface area contributed by atoms with Crippen molar-refractivity contribution >= 4 is 47.6 Å². The number of amides is 1. The minimum Gasteiger partial charge on any atom is -0.469 e. The van der Waals surface area contributed by atoms with Crippen LogP contribution in [0.15, 0.2) is 27.8 Å². The number of nitrogens with one attached hydrogen (secondary N) is 2. The van der Waals surface area contributed by atoms with Gasteiger partial charge in [0.05, 0.1) is 6.26 Å². The molecule has 1 amide bonds. The van der Waals surface area contributed by atoms with Crippen LogP contribution in [-0.2, 0) is 11.2 Å². The van der Waals surface area contributed by atoms with Crippen LogP contribution in [0.2, 0.25) is 0 Å². The van der Waals surface area contributed by atoms with Crippen molar-refractivity contribution in [2.75, 3.05) is 45.7 Å². The molecule has 0 spiro atoms. The number of furan rings is 1. The van der Waals surface area contributed by atoms with Gasteiger partial charge in [0.2, 0.25) is 5.91 Å². The highest BCUT2D eigenvalue weighted by molar-refractivity contribution is 14.0. The third-order valence-electron chi connectivity index (χ3n) is 2.71. The first-order chi connectivity index (χ1) is 10.1. The van der Waals surface area contributed by atoms with Gasteiger partial charge in [0, 0.05) is 39.4 Å². The number of likely N-dealkylation sites (N-methyl/N-ethyl adjacent to an activating group) is 1. The zero-order chi connectivity index (χ0) is 15.5. The Morgan fingerprint density at radius 2 is 2.09 bits per heavy atom. The number of nitrogens with zero attached hydrogens (tertiary/aromatic N) is 2. The zero-order valence-corrected chi connectivity index (χ0v) is 16.4. The maximum atomic E-state index is 11.6. The summed E-state index contributed by atoms with van der Waals surface area (Å²) in [5.41, 5.74) is 0. The van der Waals surface area contributed by atoms with E-state index >= 15 is 0 Å². The van der Waals surface area contributed by atoms with Crippen molar-refractivity contribution in [2.24, 2.45) is 4.99 Å². The zero-order valence-electron chi connectivity index (χ0n) is 13.3. The number of guanidine groups is 1. The monoisotopic (exact) mass is 440 g/mol. The Morgan fingerprint density at radius 3 is 2.68 bits per heavy atom. The average Bonchev–Trinajstić information content (AvgIpc) is 2.97. The number of aliphatic imine (C=N–C) groups is 1. The van der Waals surface area contributed by atoms with Crippen molar-refractivity contribution in [1.29, 1.82) is 0 Å². The molecule has 1 heterocycles. The van der Waals surface area contributed by atoms with E-state index in [-0.39, 0.29) is 36.4 Å². The molecule has 0 fully saturated rings. The van der Waals surface area contributed by atoms with Gasteiger partial charge in [0.15, 0.2) is 5.96 Å². The fourth-order valence-electron chi connectivity index (χ4n) is 1.49. The lowest BCUT2D eigenvalue weighted by Gasteiger charge is -2.13. The Morgan fingerprint density at radius 1 is 1.36 bits per heavy atom. The predicted molar refractivity (Wildman–Crippen MR) is 103 cm³/mol. The van der Waals surface area contributed by atoms with Crippen molar-refractivity contribution in [3.8, 4) is 0 Å². The molecular formula is C14H25IN4O2S. The fourth-order valence-corrected chi connectivity index (χ4v) is 1.80. The van der Waals surface area contributed by atoms with E-state index in [0.29, 0.717) is 12.5 Å². The molecule has 0 aromatic carbocycles. The lowest BCUT2D eigenvalue weighted by Crippen LogP contribution is -2.40. The molecule has 0 aliphatic carbocycles.